The Morgan fingerprint density at radius 2 is 1.69 bits per heavy atom. The second kappa shape index (κ2) is 14.9. The second-order valence-electron chi connectivity index (χ2n) is 15.8. The van der Waals surface area contributed by atoms with Crippen LogP contribution in [-0.4, -0.2) is 78.6 Å². The molecule has 2 atom stereocenters. The Balaban J connectivity index is 1.79. The number of aromatic nitrogens is 1. The topological polar surface area (TPSA) is 127 Å². The van der Waals surface area contributed by atoms with Crippen molar-refractivity contribution in [1.29, 1.82) is 0 Å². The number of H-pyrrole nitrogens is 1. The molecule has 1 aliphatic heterocycles. The van der Waals surface area contributed by atoms with E-state index < -0.39 is 44.2 Å². The first-order valence-corrected chi connectivity index (χ1v) is 25.0. The van der Waals surface area contributed by atoms with E-state index in [1.807, 2.05) is 31.2 Å². The number of ether oxygens (including phenoxy) is 2. The van der Waals surface area contributed by atoms with E-state index in [2.05, 4.69) is 58.5 Å². The van der Waals surface area contributed by atoms with E-state index in [1.165, 1.54) is 11.4 Å². The number of benzene rings is 2. The number of oxime groups is 1. The molecule has 0 amide bonds. The third-order valence-electron chi connectivity index (χ3n) is 9.76. The van der Waals surface area contributed by atoms with Crippen molar-refractivity contribution in [3.05, 3.63) is 65.4 Å². The smallest absolute Gasteiger partial charge is 0.315 e. The van der Waals surface area contributed by atoms with E-state index >= 15 is 0 Å². The molecule has 3 aromatic rings. The lowest BCUT2D eigenvalue weighted by atomic mass is 9.80. The zero-order valence-electron chi connectivity index (χ0n) is 30.7. The third-order valence-corrected chi connectivity index (χ3v) is 17.5. The molecule has 2 aromatic carbocycles. The number of piperidine rings is 1. The Labute approximate surface area is 293 Å². The van der Waals surface area contributed by atoms with Gasteiger partial charge in [-0.2, -0.15) is 4.31 Å². The molecule has 2 heterocycles. The van der Waals surface area contributed by atoms with Crippen LogP contribution in [0.15, 0.2) is 58.6 Å². The van der Waals surface area contributed by atoms with Crippen molar-refractivity contribution in [1.82, 2.24) is 9.29 Å². The molecular formula is C36H53N3O7SSi2. The average Bonchev–Trinajstić information content (AvgIpc) is 3.36. The van der Waals surface area contributed by atoms with Crippen molar-refractivity contribution in [2.75, 3.05) is 26.8 Å². The number of aryl methyl sites for hydroxylation is 1. The number of hydrogen-bond acceptors (Lipinski definition) is 8. The van der Waals surface area contributed by atoms with Crippen LogP contribution in [0, 0.1) is 12.8 Å². The number of sulfonamides is 1. The highest BCUT2D eigenvalue weighted by Gasteiger charge is 2.45. The number of esters is 2. The number of methoxy groups -OCH3 is 1. The predicted octanol–water partition coefficient (Wildman–Crippen LogP) is 7.25. The van der Waals surface area contributed by atoms with Crippen molar-refractivity contribution in [2.24, 2.45) is 11.1 Å². The Kier molecular flexibility index (Phi) is 11.7. The van der Waals surface area contributed by atoms with Crippen LogP contribution in [-0.2, 0) is 40.0 Å². The summed E-state index contributed by atoms with van der Waals surface area (Å²) in [6.45, 7) is 19.5. The Morgan fingerprint density at radius 3 is 2.31 bits per heavy atom. The van der Waals surface area contributed by atoms with Gasteiger partial charge in [0, 0.05) is 37.1 Å². The number of hydrogen-bond donors (Lipinski definition) is 1. The average molecular weight is 728 g/mol. The maximum atomic E-state index is 13.9. The summed E-state index contributed by atoms with van der Waals surface area (Å²) in [6.07, 6.45) is 0.242. The summed E-state index contributed by atoms with van der Waals surface area (Å²) < 4.78 is 46.6. The van der Waals surface area contributed by atoms with Crippen LogP contribution >= 0.6 is 0 Å². The van der Waals surface area contributed by atoms with Crippen molar-refractivity contribution < 1.29 is 32.0 Å². The molecule has 4 rings (SSSR count). The number of nitrogens with zero attached hydrogens (tertiary/aromatic N) is 2. The number of aromatic amines is 1. The van der Waals surface area contributed by atoms with Crippen LogP contribution in [0.4, 0.5) is 0 Å². The number of carbonyl (C=O) groups is 2. The standard InChI is InChI=1S/C36H53N3O7SSi2/c1-25-15-17-26(18-16-25)47(42,43)39-20-19-28(31(24-39)38-46-49(9,10)36(2,3)4)33(35(41)44-5)34-29(27-13-11-12-14-30(27)37-34)23-32(40)45-21-22-48(6,7)8/h11-18,28,33,37H,19-24H2,1-10H3/b38-31-/t28-,33-/m0/s1. The Bertz CT molecular complexity index is 1790. The maximum Gasteiger partial charge on any atom is 0.315 e. The molecule has 0 spiro atoms. The molecule has 1 N–H and O–H groups in total. The van der Waals surface area contributed by atoms with Crippen molar-refractivity contribution in [3.8, 4) is 0 Å². The SMILES string of the molecule is COC(=O)[C@H](c1[nH]c2ccccc2c1CC(=O)OCC[Si](C)(C)C)[C@H]1CCN(S(=O)(=O)c2ccc(C)cc2)C/C1=N/O[Si](C)(C)C(C)(C)C. The zero-order valence-corrected chi connectivity index (χ0v) is 33.5. The third kappa shape index (κ3) is 9.10. The first-order valence-electron chi connectivity index (χ1n) is 16.9. The molecule has 0 unspecified atom stereocenters. The normalized spacial score (nSPS) is 18.0. The van der Waals surface area contributed by atoms with Gasteiger partial charge in [-0.05, 0) is 61.3 Å². The van der Waals surface area contributed by atoms with Crippen LogP contribution in [0.1, 0.15) is 49.9 Å². The fraction of sp³-hybridized carbons (Fsp3) is 0.528. The van der Waals surface area contributed by atoms with Gasteiger partial charge in [0.15, 0.2) is 0 Å². The molecule has 1 aromatic heterocycles. The Morgan fingerprint density at radius 1 is 1.04 bits per heavy atom. The van der Waals surface area contributed by atoms with E-state index in [9.17, 15) is 18.0 Å². The second-order valence-corrected chi connectivity index (χ2v) is 28.0. The lowest BCUT2D eigenvalue weighted by Gasteiger charge is -2.37. The summed E-state index contributed by atoms with van der Waals surface area (Å²) in [5.74, 6) is -2.37. The summed E-state index contributed by atoms with van der Waals surface area (Å²) in [7, 11) is -6.38. The van der Waals surface area contributed by atoms with Gasteiger partial charge in [0.05, 0.1) is 37.3 Å². The number of rotatable bonds is 12. The van der Waals surface area contributed by atoms with Gasteiger partial charge in [0.2, 0.25) is 10.0 Å². The molecular weight excluding hydrogens is 675 g/mol. The van der Waals surface area contributed by atoms with Gasteiger partial charge in [-0.3, -0.25) is 9.59 Å². The minimum atomic E-state index is -3.87. The molecule has 0 aliphatic carbocycles. The van der Waals surface area contributed by atoms with Gasteiger partial charge < -0.3 is 19.0 Å². The summed E-state index contributed by atoms with van der Waals surface area (Å²) in [5, 5.41) is 5.35. The van der Waals surface area contributed by atoms with Gasteiger partial charge in [-0.1, -0.05) is 76.3 Å². The van der Waals surface area contributed by atoms with Crippen molar-refractivity contribution in [2.45, 2.75) is 95.2 Å². The first-order chi connectivity index (χ1) is 22.7. The van der Waals surface area contributed by atoms with Gasteiger partial charge in [0.1, 0.15) is 5.92 Å². The predicted molar refractivity (Wildman–Crippen MR) is 200 cm³/mol. The first kappa shape index (κ1) is 38.5. The highest BCUT2D eigenvalue weighted by Crippen LogP contribution is 2.40. The highest BCUT2D eigenvalue weighted by atomic mass is 32.2. The molecule has 0 saturated carbocycles. The highest BCUT2D eigenvalue weighted by molar-refractivity contribution is 7.89. The summed E-state index contributed by atoms with van der Waals surface area (Å²) >= 11 is 0. The Hall–Kier alpha value is -3.27. The van der Waals surface area contributed by atoms with E-state index in [4.69, 9.17) is 19.2 Å². The largest absolute Gasteiger partial charge is 0.468 e. The number of fused-ring (bicyclic) bond motifs is 1. The van der Waals surface area contributed by atoms with Crippen molar-refractivity contribution in [3.63, 3.8) is 0 Å². The van der Waals surface area contributed by atoms with Crippen LogP contribution in [0.3, 0.4) is 0 Å². The molecule has 10 nitrogen and oxygen atoms in total. The molecule has 1 saturated heterocycles. The van der Waals surface area contributed by atoms with Crippen LogP contribution in [0.5, 0.6) is 0 Å². The molecule has 0 bridgehead atoms. The minimum absolute atomic E-state index is 0.0356. The molecule has 1 aliphatic rings. The van der Waals surface area contributed by atoms with E-state index in [-0.39, 0.29) is 41.8 Å². The summed E-state index contributed by atoms with van der Waals surface area (Å²) in [4.78, 5) is 30.8. The molecule has 49 heavy (non-hydrogen) atoms. The molecule has 0 radical (unpaired) electrons. The lowest BCUT2D eigenvalue weighted by Crippen LogP contribution is -2.48. The van der Waals surface area contributed by atoms with Gasteiger partial charge >= 0.3 is 11.9 Å². The fourth-order valence-corrected chi connectivity index (χ4v) is 8.37. The lowest BCUT2D eigenvalue weighted by molar-refractivity contribution is -0.144. The summed E-state index contributed by atoms with van der Waals surface area (Å²) in [6, 6.07) is 15.2. The molecule has 268 valence electrons. The fourth-order valence-electron chi connectivity index (χ4n) is 5.61. The zero-order chi connectivity index (χ0) is 36.4. The number of para-hydroxylation sites is 1. The van der Waals surface area contributed by atoms with Crippen LogP contribution in [0.2, 0.25) is 43.8 Å². The quantitative estimate of drug-likeness (QED) is 0.118. The van der Waals surface area contributed by atoms with Gasteiger partial charge in [-0.25, -0.2) is 8.42 Å². The van der Waals surface area contributed by atoms with Crippen LogP contribution in [0.25, 0.3) is 10.9 Å². The number of carbonyl (C=O) groups excluding carboxylic acids is 2. The molecule has 1 fully saturated rings. The van der Waals surface area contributed by atoms with Gasteiger partial charge in [0.25, 0.3) is 8.32 Å². The maximum absolute atomic E-state index is 13.9. The minimum Gasteiger partial charge on any atom is -0.468 e. The monoisotopic (exact) mass is 727 g/mol. The number of nitrogens with one attached hydrogen (secondary N) is 1. The molecule has 13 heteroatoms. The van der Waals surface area contributed by atoms with E-state index in [0.29, 0.717) is 23.6 Å². The van der Waals surface area contributed by atoms with Crippen LogP contribution < -0.4 is 0 Å². The van der Waals surface area contributed by atoms with Crippen molar-refractivity contribution >= 4 is 55.0 Å². The van der Waals surface area contributed by atoms with E-state index in [0.717, 1.165) is 22.5 Å². The van der Waals surface area contributed by atoms with Gasteiger partial charge in [-0.15, -0.1) is 5.16 Å². The summed E-state index contributed by atoms with van der Waals surface area (Å²) in [5.41, 5.74) is 3.35. The van der Waals surface area contributed by atoms with E-state index in [1.54, 1.807) is 24.3 Å².